The molecule has 0 bridgehead atoms. The molecule has 3 fully saturated rings. The molecule has 138 valence electrons. The molecular weight excluding hydrogens is 328 g/mol. The van der Waals surface area contributed by atoms with Crippen LogP contribution in [0.25, 0.3) is 0 Å². The first-order valence-electron chi connectivity index (χ1n) is 9.83. The van der Waals surface area contributed by atoms with E-state index in [0.717, 1.165) is 45.2 Å². The molecule has 5 nitrogen and oxygen atoms in total. The summed E-state index contributed by atoms with van der Waals surface area (Å²) >= 11 is 0. The molecule has 1 aliphatic carbocycles. The fraction of sp³-hybridized carbons (Fsp3) is 0.571. The van der Waals surface area contributed by atoms with Gasteiger partial charge in [0.1, 0.15) is 0 Å². The first kappa shape index (κ1) is 17.3. The highest BCUT2D eigenvalue weighted by Gasteiger charge is 2.49. The number of fused-ring (bicyclic) bond motifs is 1. The molecule has 2 aliphatic heterocycles. The van der Waals surface area contributed by atoms with E-state index in [-0.39, 0.29) is 29.6 Å². The maximum absolute atomic E-state index is 12.8. The van der Waals surface area contributed by atoms with Gasteiger partial charge in [-0.3, -0.25) is 19.3 Å². The Labute approximate surface area is 154 Å². The second-order valence-corrected chi connectivity index (χ2v) is 8.04. The second kappa shape index (κ2) is 6.86. The van der Waals surface area contributed by atoms with Crippen LogP contribution in [0.5, 0.6) is 0 Å². The fourth-order valence-corrected chi connectivity index (χ4v) is 4.68. The summed E-state index contributed by atoms with van der Waals surface area (Å²) in [5.41, 5.74) is 1.22. The summed E-state index contributed by atoms with van der Waals surface area (Å²) in [5.74, 6) is 0.0771. The van der Waals surface area contributed by atoms with E-state index >= 15 is 0 Å². The summed E-state index contributed by atoms with van der Waals surface area (Å²) in [6.07, 6.45) is 5.92. The van der Waals surface area contributed by atoms with E-state index in [1.165, 1.54) is 11.3 Å². The maximum atomic E-state index is 12.8. The van der Waals surface area contributed by atoms with Crippen LogP contribution in [0.3, 0.4) is 0 Å². The van der Waals surface area contributed by atoms with E-state index in [9.17, 15) is 14.4 Å². The topological polar surface area (TPSA) is 57.7 Å². The zero-order valence-corrected chi connectivity index (χ0v) is 15.3. The number of carbonyl (C=O) groups is 3. The molecule has 3 aliphatic rings. The quantitative estimate of drug-likeness (QED) is 0.766. The summed E-state index contributed by atoms with van der Waals surface area (Å²) in [6, 6.07) is 6.98. The molecule has 4 rings (SSSR count). The van der Waals surface area contributed by atoms with Gasteiger partial charge >= 0.3 is 0 Å². The average molecular weight is 354 g/mol. The second-order valence-electron chi connectivity index (χ2n) is 8.04. The fourth-order valence-electron chi connectivity index (χ4n) is 4.68. The van der Waals surface area contributed by atoms with E-state index in [1.54, 1.807) is 24.3 Å². The predicted molar refractivity (Wildman–Crippen MR) is 98.7 cm³/mol. The van der Waals surface area contributed by atoms with Crippen LogP contribution >= 0.6 is 0 Å². The Hall–Kier alpha value is -2.17. The van der Waals surface area contributed by atoms with Crippen molar-refractivity contribution in [2.75, 3.05) is 18.0 Å². The Balaban J connectivity index is 1.52. The highest BCUT2D eigenvalue weighted by atomic mass is 16.2. The lowest BCUT2D eigenvalue weighted by atomic mass is 9.76. The Bertz CT molecular complexity index is 721. The lowest BCUT2D eigenvalue weighted by molar-refractivity contribution is -0.122. The van der Waals surface area contributed by atoms with Crippen LogP contribution in [0.2, 0.25) is 0 Å². The molecule has 3 amide bonds. The zero-order valence-electron chi connectivity index (χ0n) is 15.3. The van der Waals surface area contributed by atoms with Crippen LogP contribution < -0.4 is 4.90 Å². The van der Waals surface area contributed by atoms with Gasteiger partial charge < -0.3 is 4.90 Å². The Morgan fingerprint density at radius 1 is 0.923 bits per heavy atom. The normalized spacial score (nSPS) is 29.0. The monoisotopic (exact) mass is 354 g/mol. The van der Waals surface area contributed by atoms with Gasteiger partial charge in [-0.05, 0) is 68.7 Å². The minimum Gasteiger partial charge on any atom is -0.339 e. The molecule has 26 heavy (non-hydrogen) atoms. The zero-order chi connectivity index (χ0) is 18.3. The van der Waals surface area contributed by atoms with Crippen LogP contribution in [0.4, 0.5) is 5.69 Å². The van der Waals surface area contributed by atoms with Crippen molar-refractivity contribution < 1.29 is 14.4 Å². The Morgan fingerprint density at radius 3 is 2.27 bits per heavy atom. The number of anilines is 1. The molecule has 2 saturated heterocycles. The number of benzene rings is 1. The lowest BCUT2D eigenvalue weighted by Gasteiger charge is -2.26. The van der Waals surface area contributed by atoms with Crippen LogP contribution in [0.1, 0.15) is 55.8 Å². The number of likely N-dealkylation sites (tertiary alicyclic amines) is 1. The van der Waals surface area contributed by atoms with Crippen molar-refractivity contribution in [3.63, 3.8) is 0 Å². The third-order valence-corrected chi connectivity index (χ3v) is 6.20. The lowest BCUT2D eigenvalue weighted by Crippen LogP contribution is -2.35. The molecular formula is C21H26N2O3. The molecule has 3 atom stereocenters. The highest BCUT2D eigenvalue weighted by Crippen LogP contribution is 2.42. The Kier molecular flexibility index (Phi) is 4.55. The van der Waals surface area contributed by atoms with E-state index in [4.69, 9.17) is 0 Å². The van der Waals surface area contributed by atoms with Crippen molar-refractivity contribution in [3.8, 4) is 0 Å². The minimum absolute atomic E-state index is 0.0396. The summed E-state index contributed by atoms with van der Waals surface area (Å²) in [5, 5.41) is 0. The summed E-state index contributed by atoms with van der Waals surface area (Å²) in [4.78, 5) is 41.4. The largest absolute Gasteiger partial charge is 0.339 e. The third kappa shape index (κ3) is 2.93. The highest BCUT2D eigenvalue weighted by molar-refractivity contribution is 6.22. The molecule has 1 saturated carbocycles. The summed E-state index contributed by atoms with van der Waals surface area (Å²) in [6.45, 7) is 3.77. The SMILES string of the molecule is C[C@@H]1CC[C@@H]2C(=O)N(c3ccc(C(=O)N4CCCCC4)cc3)C(=O)[C@H]2C1. The van der Waals surface area contributed by atoms with Gasteiger partial charge in [0.15, 0.2) is 0 Å². The van der Waals surface area contributed by atoms with E-state index in [1.807, 2.05) is 4.90 Å². The van der Waals surface area contributed by atoms with Crippen molar-refractivity contribution in [1.82, 2.24) is 4.90 Å². The molecule has 2 heterocycles. The van der Waals surface area contributed by atoms with Crippen molar-refractivity contribution in [2.45, 2.75) is 45.4 Å². The van der Waals surface area contributed by atoms with E-state index in [0.29, 0.717) is 17.2 Å². The molecule has 1 aromatic rings. The van der Waals surface area contributed by atoms with E-state index in [2.05, 4.69) is 6.92 Å². The smallest absolute Gasteiger partial charge is 0.253 e. The molecule has 0 radical (unpaired) electrons. The third-order valence-electron chi connectivity index (χ3n) is 6.20. The summed E-state index contributed by atoms with van der Waals surface area (Å²) < 4.78 is 0. The molecule has 0 spiro atoms. The number of imide groups is 1. The first-order chi connectivity index (χ1) is 12.6. The average Bonchev–Trinajstić information content (AvgIpc) is 2.92. The van der Waals surface area contributed by atoms with Gasteiger partial charge in [0.25, 0.3) is 5.91 Å². The number of amides is 3. The number of hydrogen-bond donors (Lipinski definition) is 0. The van der Waals surface area contributed by atoms with E-state index < -0.39 is 0 Å². The van der Waals surface area contributed by atoms with Crippen LogP contribution in [0.15, 0.2) is 24.3 Å². The number of rotatable bonds is 2. The number of nitrogens with zero attached hydrogens (tertiary/aromatic N) is 2. The van der Waals surface area contributed by atoms with Crippen molar-refractivity contribution >= 4 is 23.4 Å². The van der Waals surface area contributed by atoms with Crippen LogP contribution in [-0.2, 0) is 9.59 Å². The van der Waals surface area contributed by atoms with Gasteiger partial charge in [0, 0.05) is 18.7 Å². The van der Waals surface area contributed by atoms with Crippen molar-refractivity contribution in [2.24, 2.45) is 17.8 Å². The number of piperidine rings is 1. The molecule has 1 aromatic carbocycles. The Morgan fingerprint density at radius 2 is 1.58 bits per heavy atom. The standard InChI is InChI=1S/C21H26N2O3/c1-14-5-10-17-18(13-14)21(26)23(20(17)25)16-8-6-15(7-9-16)19(24)22-11-3-2-4-12-22/h6-9,14,17-18H,2-5,10-13H2,1H3/t14-,17+,18+/m1/s1. The van der Waals surface area contributed by atoms with Gasteiger partial charge in [-0.1, -0.05) is 6.92 Å². The number of hydrogen-bond acceptors (Lipinski definition) is 3. The van der Waals surface area contributed by atoms with Crippen LogP contribution in [0, 0.1) is 17.8 Å². The van der Waals surface area contributed by atoms with Gasteiger partial charge in [-0.25, -0.2) is 0 Å². The molecule has 0 aromatic heterocycles. The molecule has 0 unspecified atom stereocenters. The van der Waals surface area contributed by atoms with Gasteiger partial charge in [-0.15, -0.1) is 0 Å². The van der Waals surface area contributed by atoms with Crippen molar-refractivity contribution in [1.29, 1.82) is 0 Å². The maximum Gasteiger partial charge on any atom is 0.253 e. The van der Waals surface area contributed by atoms with Crippen LogP contribution in [-0.4, -0.2) is 35.7 Å². The predicted octanol–water partition coefficient (Wildman–Crippen LogP) is 3.24. The van der Waals surface area contributed by atoms with Gasteiger partial charge in [-0.2, -0.15) is 0 Å². The van der Waals surface area contributed by atoms with Gasteiger partial charge in [0.2, 0.25) is 11.8 Å². The van der Waals surface area contributed by atoms with Crippen molar-refractivity contribution in [3.05, 3.63) is 29.8 Å². The minimum atomic E-state index is -0.166. The molecule has 5 heteroatoms. The number of carbonyl (C=O) groups excluding carboxylic acids is 3. The first-order valence-corrected chi connectivity index (χ1v) is 9.83. The molecule has 0 N–H and O–H groups in total. The van der Waals surface area contributed by atoms with Gasteiger partial charge in [0.05, 0.1) is 17.5 Å². The summed E-state index contributed by atoms with van der Waals surface area (Å²) in [7, 11) is 0.